The van der Waals surface area contributed by atoms with Gasteiger partial charge in [-0.05, 0) is 66.2 Å². The summed E-state index contributed by atoms with van der Waals surface area (Å²) in [5.74, 6) is -1.89. The molecule has 4 amide bonds. The average Bonchev–Trinajstić information content (AvgIpc) is 2.79. The fraction of sp³-hybridized carbons (Fsp3) is 0. The second-order valence-corrected chi connectivity index (χ2v) is 9.92. The maximum Gasteiger partial charge on any atom is 0.339 e. The van der Waals surface area contributed by atoms with Crippen molar-refractivity contribution in [1.82, 2.24) is 5.32 Å². The highest BCUT2D eigenvalue weighted by atomic mass is 35.5. The quantitative estimate of drug-likeness (QED) is 0.269. The normalized spacial score (nSPS) is 15.3. The highest BCUT2D eigenvalue weighted by Gasteiger charge is 2.37. The summed E-state index contributed by atoms with van der Waals surface area (Å²) < 4.78 is 30.3. The van der Waals surface area contributed by atoms with Crippen molar-refractivity contribution >= 4 is 74.5 Å². The number of nitrogens with zero attached hydrogens (tertiary/aromatic N) is 1. The Labute approximate surface area is 214 Å². The van der Waals surface area contributed by atoms with Gasteiger partial charge in [0.2, 0.25) is 0 Å². The number of nitrogens with one attached hydrogen (secondary N) is 1. The Hall–Kier alpha value is -3.37. The van der Waals surface area contributed by atoms with Gasteiger partial charge in [-0.1, -0.05) is 46.9 Å². The number of halogens is 3. The summed E-state index contributed by atoms with van der Waals surface area (Å²) in [5, 5.41) is 2.78. The molecule has 1 aliphatic rings. The number of hydrogen-bond acceptors (Lipinski definition) is 6. The van der Waals surface area contributed by atoms with E-state index in [0.29, 0.717) is 5.02 Å². The summed E-state index contributed by atoms with van der Waals surface area (Å²) >= 11 is 17.7. The molecule has 0 aromatic heterocycles. The van der Waals surface area contributed by atoms with E-state index >= 15 is 0 Å². The van der Waals surface area contributed by atoms with Crippen LogP contribution in [0.25, 0.3) is 6.08 Å². The second kappa shape index (κ2) is 9.71. The molecule has 1 N–H and O–H groups in total. The third-order valence-corrected chi connectivity index (χ3v) is 6.99. The number of rotatable bonds is 5. The van der Waals surface area contributed by atoms with Crippen molar-refractivity contribution in [3.63, 3.8) is 0 Å². The molecule has 0 bridgehead atoms. The maximum atomic E-state index is 13.0. The van der Waals surface area contributed by atoms with Gasteiger partial charge in [-0.3, -0.25) is 14.9 Å². The first-order valence-corrected chi connectivity index (χ1v) is 12.3. The number of carbonyl (C=O) groups is 3. The van der Waals surface area contributed by atoms with Crippen LogP contribution in [0.4, 0.5) is 10.5 Å². The van der Waals surface area contributed by atoms with Crippen molar-refractivity contribution in [2.45, 2.75) is 4.90 Å². The van der Waals surface area contributed by atoms with Gasteiger partial charge in [-0.25, -0.2) is 9.69 Å². The third kappa shape index (κ3) is 5.33. The van der Waals surface area contributed by atoms with E-state index in [2.05, 4.69) is 5.32 Å². The number of imide groups is 2. The molecular formula is C23H13Cl3N2O6S. The SMILES string of the molecule is O=C1NC(=O)N(c2ccc(Cl)c(Cl)c2)C(=O)/C1=C\c1cccc(OS(=O)(=O)c2ccc(Cl)cc2)c1. The van der Waals surface area contributed by atoms with Crippen LogP contribution in [0, 0.1) is 0 Å². The van der Waals surface area contributed by atoms with Gasteiger partial charge in [0, 0.05) is 5.02 Å². The minimum Gasteiger partial charge on any atom is -0.379 e. The lowest BCUT2D eigenvalue weighted by Crippen LogP contribution is -2.54. The summed E-state index contributed by atoms with van der Waals surface area (Å²) in [6.07, 6.45) is 1.20. The molecule has 4 rings (SSSR count). The third-order valence-electron chi connectivity index (χ3n) is 4.74. The van der Waals surface area contributed by atoms with Crippen LogP contribution in [0.2, 0.25) is 15.1 Å². The minimum atomic E-state index is -4.16. The fourth-order valence-electron chi connectivity index (χ4n) is 3.11. The van der Waals surface area contributed by atoms with Gasteiger partial charge in [-0.2, -0.15) is 8.42 Å². The Morgan fingerprint density at radius 3 is 2.26 bits per heavy atom. The Kier molecular flexibility index (Phi) is 6.86. The van der Waals surface area contributed by atoms with Crippen molar-refractivity contribution in [1.29, 1.82) is 0 Å². The van der Waals surface area contributed by atoms with E-state index in [4.69, 9.17) is 39.0 Å². The maximum absolute atomic E-state index is 13.0. The number of benzene rings is 3. The van der Waals surface area contributed by atoms with Gasteiger partial charge in [0.05, 0.1) is 15.7 Å². The molecule has 3 aromatic carbocycles. The van der Waals surface area contributed by atoms with E-state index in [9.17, 15) is 22.8 Å². The van der Waals surface area contributed by atoms with E-state index in [1.165, 1.54) is 72.8 Å². The Morgan fingerprint density at radius 2 is 1.57 bits per heavy atom. The number of hydrogen-bond donors (Lipinski definition) is 1. The Bertz CT molecular complexity index is 1500. The molecule has 35 heavy (non-hydrogen) atoms. The molecule has 0 saturated carbocycles. The zero-order chi connectivity index (χ0) is 25.3. The number of anilines is 1. The van der Waals surface area contributed by atoms with Crippen molar-refractivity contribution in [3.8, 4) is 5.75 Å². The van der Waals surface area contributed by atoms with Crippen molar-refractivity contribution in [2.24, 2.45) is 0 Å². The summed E-state index contributed by atoms with van der Waals surface area (Å²) in [4.78, 5) is 38.4. The predicted molar refractivity (Wildman–Crippen MR) is 131 cm³/mol. The van der Waals surface area contributed by atoms with Gasteiger partial charge in [-0.15, -0.1) is 0 Å². The Balaban J connectivity index is 1.64. The van der Waals surface area contributed by atoms with Gasteiger partial charge >= 0.3 is 16.1 Å². The summed E-state index contributed by atoms with van der Waals surface area (Å²) in [6, 6.07) is 14.3. The molecule has 8 nitrogen and oxygen atoms in total. The van der Waals surface area contributed by atoms with Crippen molar-refractivity contribution in [3.05, 3.63) is 92.9 Å². The largest absolute Gasteiger partial charge is 0.379 e. The lowest BCUT2D eigenvalue weighted by Gasteiger charge is -2.26. The highest BCUT2D eigenvalue weighted by Crippen LogP contribution is 2.30. The van der Waals surface area contributed by atoms with Crippen LogP contribution in [-0.4, -0.2) is 26.3 Å². The van der Waals surface area contributed by atoms with E-state index in [1.807, 2.05) is 0 Å². The fourth-order valence-corrected chi connectivity index (χ4v) is 4.46. The van der Waals surface area contributed by atoms with E-state index in [-0.39, 0.29) is 37.5 Å². The van der Waals surface area contributed by atoms with Crippen LogP contribution in [-0.2, 0) is 19.7 Å². The van der Waals surface area contributed by atoms with Gasteiger partial charge in [0.15, 0.2) is 0 Å². The predicted octanol–water partition coefficient (Wildman–Crippen LogP) is 5.08. The standard InChI is InChI=1S/C23H13Cl3N2O6S/c24-14-4-7-17(8-5-14)35(32,33)34-16-3-1-2-13(10-16)11-18-21(29)27-23(31)28(22(18)30)15-6-9-19(25)20(26)12-15/h1-12H,(H,27,29,31)/b18-11-. The molecule has 3 aromatic rings. The molecule has 0 unspecified atom stereocenters. The molecule has 0 radical (unpaired) electrons. The van der Waals surface area contributed by atoms with E-state index < -0.39 is 28.0 Å². The van der Waals surface area contributed by atoms with Crippen LogP contribution in [0.3, 0.4) is 0 Å². The van der Waals surface area contributed by atoms with Gasteiger partial charge < -0.3 is 4.18 Å². The summed E-state index contributed by atoms with van der Waals surface area (Å²) in [6.45, 7) is 0. The molecule has 0 aliphatic carbocycles. The zero-order valence-electron chi connectivity index (χ0n) is 17.4. The molecule has 1 heterocycles. The molecule has 1 aliphatic heterocycles. The first-order chi connectivity index (χ1) is 16.5. The van der Waals surface area contributed by atoms with Crippen LogP contribution in [0.5, 0.6) is 5.75 Å². The van der Waals surface area contributed by atoms with Crippen LogP contribution >= 0.6 is 34.8 Å². The second-order valence-electron chi connectivity index (χ2n) is 7.12. The van der Waals surface area contributed by atoms with Gasteiger partial charge in [0.25, 0.3) is 11.8 Å². The molecule has 1 fully saturated rings. The summed E-state index contributed by atoms with van der Waals surface area (Å²) in [7, 11) is -4.16. The number of urea groups is 1. The number of barbiturate groups is 1. The molecule has 0 atom stereocenters. The van der Waals surface area contributed by atoms with E-state index in [1.54, 1.807) is 0 Å². The monoisotopic (exact) mass is 550 g/mol. The van der Waals surface area contributed by atoms with E-state index in [0.717, 1.165) is 4.90 Å². The smallest absolute Gasteiger partial charge is 0.339 e. The Morgan fingerprint density at radius 1 is 0.857 bits per heavy atom. The molecule has 1 saturated heterocycles. The first-order valence-electron chi connectivity index (χ1n) is 9.72. The van der Waals surface area contributed by atoms with Crippen molar-refractivity contribution in [2.75, 3.05) is 4.90 Å². The van der Waals surface area contributed by atoms with Crippen molar-refractivity contribution < 1.29 is 27.0 Å². The first kappa shape index (κ1) is 24.7. The van der Waals surface area contributed by atoms with Crippen LogP contribution in [0.1, 0.15) is 5.56 Å². The lowest BCUT2D eigenvalue weighted by molar-refractivity contribution is -0.122. The zero-order valence-corrected chi connectivity index (χ0v) is 20.5. The van der Waals surface area contributed by atoms with Crippen LogP contribution < -0.4 is 14.4 Å². The number of amides is 4. The average molecular weight is 552 g/mol. The lowest BCUT2D eigenvalue weighted by atomic mass is 10.1. The summed E-state index contributed by atoms with van der Waals surface area (Å²) in [5.41, 5.74) is 0.00978. The topological polar surface area (TPSA) is 110 Å². The number of carbonyl (C=O) groups excluding carboxylic acids is 3. The molecular weight excluding hydrogens is 539 g/mol. The molecule has 178 valence electrons. The van der Waals surface area contributed by atoms with Gasteiger partial charge in [0.1, 0.15) is 16.2 Å². The minimum absolute atomic E-state index is 0.0598. The molecule has 12 heteroatoms. The highest BCUT2D eigenvalue weighted by molar-refractivity contribution is 7.87. The van der Waals surface area contributed by atoms with Crippen LogP contribution in [0.15, 0.2) is 77.2 Å². The molecule has 0 spiro atoms.